The zero-order valence-electron chi connectivity index (χ0n) is 29.6. The molecule has 0 unspecified atom stereocenters. The topological polar surface area (TPSA) is 0 Å². The van der Waals surface area contributed by atoms with Gasteiger partial charge in [-0.25, -0.2) is 0 Å². The number of rotatable bonds is 6. The molecule has 0 radical (unpaired) electrons. The summed E-state index contributed by atoms with van der Waals surface area (Å²) in [6, 6.07) is 61.3. The third-order valence-corrected chi connectivity index (χ3v) is 9.04. The molecule has 0 N–H and O–H groups in total. The van der Waals surface area contributed by atoms with Crippen LogP contribution in [0, 0.1) is 0 Å². The van der Waals surface area contributed by atoms with Gasteiger partial charge in [-0.1, -0.05) is 146 Å². The van der Waals surface area contributed by atoms with Crippen LogP contribution in [0.3, 0.4) is 0 Å². The van der Waals surface area contributed by atoms with E-state index in [0.29, 0.717) is 0 Å². The van der Waals surface area contributed by atoms with E-state index in [1.165, 1.54) is 77.2 Å². The van der Waals surface area contributed by atoms with Gasteiger partial charge in [0.2, 0.25) is 0 Å². The van der Waals surface area contributed by atoms with Crippen LogP contribution in [0.5, 0.6) is 0 Å². The monoisotopic (exact) mass is 738 g/mol. The standard InChI is InChI=1S/2C23H19.C2H6Si.Zr/c2*1-2-17-15-21-9-6-10-22(23(21)16-17)20-13-11-19(12-14-20)18-7-4-3-5-8-18;1-3-2;/h2*3-16H,2H2,1H3;1-2H3;/q2*-1;;+2. The second-order valence-corrected chi connectivity index (χ2v) is 22.3. The van der Waals surface area contributed by atoms with Crippen molar-refractivity contribution < 1.29 is 23.3 Å². The van der Waals surface area contributed by atoms with Crippen LogP contribution in [-0.4, -0.2) is 5.43 Å². The minimum atomic E-state index is 0.210. The summed E-state index contributed by atoms with van der Waals surface area (Å²) in [5.74, 6) is 0. The molecule has 0 amide bonds. The van der Waals surface area contributed by atoms with Crippen LogP contribution in [0.25, 0.3) is 66.1 Å². The molecular weight excluding hydrogens is 696 g/mol. The molecule has 0 fully saturated rings. The Kier molecular flexibility index (Phi) is 12.1. The fraction of sp³-hybridized carbons (Fsp3) is 0.125. The van der Waals surface area contributed by atoms with E-state index < -0.39 is 0 Å². The summed E-state index contributed by atoms with van der Waals surface area (Å²) in [6.07, 6.45) is 2.17. The molecule has 50 heavy (non-hydrogen) atoms. The van der Waals surface area contributed by atoms with E-state index in [1.807, 2.05) is 0 Å². The second kappa shape index (κ2) is 17.0. The van der Waals surface area contributed by atoms with Gasteiger partial charge in [0.1, 0.15) is 0 Å². The van der Waals surface area contributed by atoms with Gasteiger partial charge >= 0.3 is 41.9 Å². The van der Waals surface area contributed by atoms with Crippen molar-refractivity contribution in [2.24, 2.45) is 0 Å². The summed E-state index contributed by atoms with van der Waals surface area (Å²) >= 11 is 1.74. The summed E-state index contributed by atoms with van der Waals surface area (Å²) in [4.78, 5) is 0. The number of hydrogen-bond acceptors (Lipinski definition) is 0. The zero-order valence-corrected chi connectivity index (χ0v) is 33.0. The van der Waals surface area contributed by atoms with Gasteiger partial charge in [-0.2, -0.15) is 12.1 Å². The normalized spacial score (nSPS) is 10.7. The molecule has 0 aromatic heterocycles. The number of fused-ring (bicyclic) bond motifs is 2. The molecule has 0 aliphatic heterocycles. The fourth-order valence-corrected chi connectivity index (χ4v) is 6.45. The van der Waals surface area contributed by atoms with Crippen molar-refractivity contribution in [3.8, 4) is 44.5 Å². The summed E-state index contributed by atoms with van der Waals surface area (Å²) in [7, 11) is 0. The molecule has 0 nitrogen and oxygen atoms in total. The Balaban J connectivity index is 0.000000156. The number of hydrogen-bond donors (Lipinski definition) is 0. The van der Waals surface area contributed by atoms with E-state index in [0.717, 1.165) is 12.8 Å². The van der Waals surface area contributed by atoms with Crippen LogP contribution >= 0.6 is 0 Å². The predicted molar refractivity (Wildman–Crippen MR) is 217 cm³/mol. The molecule has 8 aromatic carbocycles. The Morgan fingerprint density at radius 1 is 0.420 bits per heavy atom. The molecule has 244 valence electrons. The SMILES string of the molecule is CCc1cc2c(-c3ccc(-c4ccccc4)cc3)cccc2[cH-]1.CCc1cc2c(-c3ccc(-c4ccccc4)cc3)cccc2[cH-]1.C[Si](C)=[Zr+2]. The molecule has 0 heterocycles. The first kappa shape index (κ1) is 35.5. The van der Waals surface area contributed by atoms with Crippen molar-refractivity contribution in [1.29, 1.82) is 0 Å². The van der Waals surface area contributed by atoms with Crippen LogP contribution in [0.15, 0.2) is 170 Å². The van der Waals surface area contributed by atoms with Crippen LogP contribution in [0.4, 0.5) is 0 Å². The van der Waals surface area contributed by atoms with Crippen LogP contribution in [0.2, 0.25) is 13.1 Å². The maximum atomic E-state index is 2.33. The van der Waals surface area contributed by atoms with Crippen molar-refractivity contribution in [1.82, 2.24) is 0 Å². The Bertz CT molecular complexity index is 2120. The molecule has 2 heteroatoms. The predicted octanol–water partition coefficient (Wildman–Crippen LogP) is 13.7. The molecule has 0 aliphatic rings. The van der Waals surface area contributed by atoms with Gasteiger partial charge < -0.3 is 0 Å². The Morgan fingerprint density at radius 3 is 1.08 bits per heavy atom. The van der Waals surface area contributed by atoms with E-state index >= 15 is 0 Å². The van der Waals surface area contributed by atoms with Crippen molar-refractivity contribution in [2.45, 2.75) is 39.8 Å². The van der Waals surface area contributed by atoms with Crippen LogP contribution in [-0.2, 0) is 36.2 Å². The fourth-order valence-electron chi connectivity index (χ4n) is 6.45. The maximum absolute atomic E-state index is 2.33. The van der Waals surface area contributed by atoms with E-state index in [-0.39, 0.29) is 5.43 Å². The van der Waals surface area contributed by atoms with Crippen molar-refractivity contribution in [3.05, 3.63) is 181 Å². The van der Waals surface area contributed by atoms with Crippen LogP contribution < -0.4 is 0 Å². The Hall–Kier alpha value is -4.36. The molecule has 0 atom stereocenters. The van der Waals surface area contributed by atoms with E-state index in [2.05, 4.69) is 197 Å². The van der Waals surface area contributed by atoms with E-state index in [4.69, 9.17) is 0 Å². The summed E-state index contributed by atoms with van der Waals surface area (Å²) in [6.45, 7) is 9.04. The third kappa shape index (κ3) is 8.67. The van der Waals surface area contributed by atoms with Crippen molar-refractivity contribution in [2.75, 3.05) is 0 Å². The first-order chi connectivity index (χ1) is 24.4. The number of benzene rings is 6. The molecular formula is C48H44SiZr. The number of aryl methyl sites for hydroxylation is 2. The average Bonchev–Trinajstić information content (AvgIpc) is 3.80. The molecule has 8 rings (SSSR count). The Labute approximate surface area is 313 Å². The molecule has 0 aliphatic carbocycles. The molecule has 8 aromatic rings. The average molecular weight is 740 g/mol. The second-order valence-electron chi connectivity index (χ2n) is 12.9. The van der Waals surface area contributed by atoms with Gasteiger partial charge in [-0.15, -0.1) is 69.1 Å². The molecule has 0 spiro atoms. The summed E-state index contributed by atoms with van der Waals surface area (Å²) in [5.41, 5.74) is 13.3. The van der Waals surface area contributed by atoms with Gasteiger partial charge in [-0.05, 0) is 46.2 Å². The quantitative estimate of drug-likeness (QED) is 0.118. The van der Waals surface area contributed by atoms with Gasteiger partial charge in [0.25, 0.3) is 0 Å². The van der Waals surface area contributed by atoms with Crippen LogP contribution in [0.1, 0.15) is 25.0 Å². The van der Waals surface area contributed by atoms with Crippen molar-refractivity contribution >= 4 is 27.0 Å². The Morgan fingerprint density at radius 2 is 0.740 bits per heavy atom. The van der Waals surface area contributed by atoms with E-state index in [1.54, 1.807) is 23.3 Å². The molecule has 0 saturated heterocycles. The van der Waals surface area contributed by atoms with Gasteiger partial charge in [0.05, 0.1) is 0 Å². The van der Waals surface area contributed by atoms with Gasteiger partial charge in [0.15, 0.2) is 0 Å². The first-order valence-electron chi connectivity index (χ1n) is 17.6. The van der Waals surface area contributed by atoms with Gasteiger partial charge in [-0.3, -0.25) is 0 Å². The summed E-state index contributed by atoms with van der Waals surface area (Å²) in [5, 5.41) is 5.39. The molecule has 0 bridgehead atoms. The minimum absolute atomic E-state index is 0.210. The third-order valence-electron chi connectivity index (χ3n) is 9.04. The van der Waals surface area contributed by atoms with E-state index in [9.17, 15) is 0 Å². The van der Waals surface area contributed by atoms with Gasteiger partial charge in [0, 0.05) is 0 Å². The molecule has 0 saturated carbocycles. The zero-order chi connectivity index (χ0) is 34.9. The summed E-state index contributed by atoms with van der Waals surface area (Å²) < 4.78 is 0. The first-order valence-corrected chi connectivity index (χ1v) is 23.8. The van der Waals surface area contributed by atoms with Crippen molar-refractivity contribution in [3.63, 3.8) is 0 Å².